The third kappa shape index (κ3) is 26.1. The van der Waals surface area contributed by atoms with Crippen molar-refractivity contribution >= 4 is 5.97 Å². The predicted molar refractivity (Wildman–Crippen MR) is 247 cm³/mol. The minimum atomic E-state index is -1.71. The van der Waals surface area contributed by atoms with E-state index in [-0.39, 0.29) is 25.6 Å². The lowest BCUT2D eigenvalue weighted by Crippen LogP contribution is -2.61. The fraction of sp³-hybridized carbons (Fsp3) is 0.900. The van der Waals surface area contributed by atoms with Gasteiger partial charge in [-0.25, -0.2) is 0 Å². The summed E-state index contributed by atoms with van der Waals surface area (Å²) in [6, 6.07) is 0. The molecular formula is C50H92O14. The number of rotatable bonds is 40. The Balaban J connectivity index is 1.78. The molecule has 0 radical (unpaired) electrons. The second-order valence-corrected chi connectivity index (χ2v) is 18.0. The van der Waals surface area contributed by atoms with Crippen molar-refractivity contribution in [2.45, 2.75) is 255 Å². The number of carbonyl (C=O) groups is 1. The van der Waals surface area contributed by atoms with Crippen molar-refractivity contribution in [3.63, 3.8) is 0 Å². The van der Waals surface area contributed by atoms with E-state index in [9.17, 15) is 40.5 Å². The number of ether oxygens (including phenoxy) is 6. The maximum atomic E-state index is 13.0. The fourth-order valence-corrected chi connectivity index (χ4v) is 8.02. The number of unbranched alkanes of at least 4 members (excludes halogenated alkanes) is 22. The molecule has 11 atom stereocenters. The second-order valence-electron chi connectivity index (χ2n) is 18.0. The Morgan fingerprint density at radius 2 is 0.969 bits per heavy atom. The molecule has 2 fully saturated rings. The van der Waals surface area contributed by atoms with Crippen molar-refractivity contribution in [3.8, 4) is 0 Å². The standard InChI is InChI=1S/C50H92O14/c1-3-5-7-9-11-13-15-17-19-20-22-24-26-28-30-32-34-59-36-39(62-42(52)33-31-29-27-25-23-21-18-16-14-12-10-8-6-4-2)37-60-49-48(58)46(56)44(54)41(64-49)38-61-50-47(57)45(55)43(53)40(35-51)63-50/h11,13,17,19,39-41,43-51,53-58H,3-10,12,14-16,18,20-38H2,1-2H3/b13-11-,19-17-. The summed E-state index contributed by atoms with van der Waals surface area (Å²) in [4.78, 5) is 13.0. The topological polar surface area (TPSA) is 214 Å². The molecule has 2 aliphatic rings. The Morgan fingerprint density at radius 1 is 0.516 bits per heavy atom. The van der Waals surface area contributed by atoms with Gasteiger partial charge in [0.1, 0.15) is 54.9 Å². The van der Waals surface area contributed by atoms with Crippen LogP contribution in [0, 0.1) is 0 Å². The molecule has 2 aliphatic heterocycles. The lowest BCUT2D eigenvalue weighted by Gasteiger charge is -2.42. The van der Waals surface area contributed by atoms with Crippen molar-refractivity contribution in [1.82, 2.24) is 0 Å². The van der Waals surface area contributed by atoms with Gasteiger partial charge in [0.05, 0.1) is 26.4 Å². The number of hydrogen-bond acceptors (Lipinski definition) is 14. The largest absolute Gasteiger partial charge is 0.457 e. The molecule has 11 unspecified atom stereocenters. The van der Waals surface area contributed by atoms with Crippen LogP contribution < -0.4 is 0 Å². The van der Waals surface area contributed by atoms with E-state index >= 15 is 0 Å². The van der Waals surface area contributed by atoms with Crippen molar-refractivity contribution in [2.24, 2.45) is 0 Å². The first-order chi connectivity index (χ1) is 31.1. The molecule has 2 heterocycles. The molecule has 0 saturated carbocycles. The minimum absolute atomic E-state index is 0.0579. The van der Waals surface area contributed by atoms with E-state index in [0.717, 1.165) is 57.8 Å². The highest BCUT2D eigenvalue weighted by atomic mass is 16.7. The second kappa shape index (κ2) is 38.4. The fourth-order valence-electron chi connectivity index (χ4n) is 8.02. The number of carbonyl (C=O) groups excluding carboxylic acids is 1. The van der Waals surface area contributed by atoms with E-state index in [4.69, 9.17) is 28.4 Å². The van der Waals surface area contributed by atoms with Gasteiger partial charge in [0.2, 0.25) is 0 Å². The quantitative estimate of drug-likeness (QED) is 0.0184. The molecule has 0 aromatic carbocycles. The number of aliphatic hydroxyl groups is 7. The summed E-state index contributed by atoms with van der Waals surface area (Å²) in [6.07, 6.45) is 23.8. The molecule has 14 nitrogen and oxygen atoms in total. The Hall–Kier alpha value is -1.53. The Morgan fingerprint density at radius 3 is 1.53 bits per heavy atom. The first kappa shape index (κ1) is 58.6. The maximum Gasteiger partial charge on any atom is 0.306 e. The van der Waals surface area contributed by atoms with Crippen molar-refractivity contribution < 1.29 is 69.0 Å². The van der Waals surface area contributed by atoms with E-state index in [1.54, 1.807) is 0 Å². The van der Waals surface area contributed by atoms with Crippen molar-refractivity contribution in [2.75, 3.05) is 33.0 Å². The van der Waals surface area contributed by atoms with Gasteiger partial charge in [0, 0.05) is 13.0 Å². The molecule has 0 spiro atoms. The molecule has 376 valence electrons. The van der Waals surface area contributed by atoms with Crippen LogP contribution in [0.15, 0.2) is 24.3 Å². The van der Waals surface area contributed by atoms with Gasteiger partial charge >= 0.3 is 5.97 Å². The van der Waals surface area contributed by atoms with Crippen LogP contribution in [-0.2, 0) is 33.2 Å². The van der Waals surface area contributed by atoms with Crippen LogP contribution in [0.2, 0.25) is 0 Å². The van der Waals surface area contributed by atoms with Gasteiger partial charge in [-0.05, 0) is 44.9 Å². The Bertz CT molecular complexity index is 1160. The average molecular weight is 917 g/mol. The molecule has 2 rings (SSSR count). The number of esters is 1. The summed E-state index contributed by atoms with van der Waals surface area (Å²) in [6.45, 7) is 3.65. The minimum Gasteiger partial charge on any atom is -0.457 e. The van der Waals surface area contributed by atoms with Crippen LogP contribution >= 0.6 is 0 Å². The van der Waals surface area contributed by atoms with Crippen molar-refractivity contribution in [3.05, 3.63) is 24.3 Å². The molecular weight excluding hydrogens is 825 g/mol. The highest BCUT2D eigenvalue weighted by Crippen LogP contribution is 2.26. The maximum absolute atomic E-state index is 13.0. The van der Waals surface area contributed by atoms with Crippen LogP contribution in [0.5, 0.6) is 0 Å². The number of aliphatic hydroxyl groups excluding tert-OH is 7. The zero-order valence-electron chi connectivity index (χ0n) is 39.8. The Kier molecular flexibility index (Phi) is 35.2. The number of hydrogen-bond donors (Lipinski definition) is 7. The summed E-state index contributed by atoms with van der Waals surface area (Å²) >= 11 is 0. The van der Waals surface area contributed by atoms with E-state index in [2.05, 4.69) is 38.2 Å². The summed E-state index contributed by atoms with van der Waals surface area (Å²) < 4.78 is 34.2. The van der Waals surface area contributed by atoms with Gasteiger partial charge < -0.3 is 64.2 Å². The van der Waals surface area contributed by atoms with Crippen LogP contribution in [0.4, 0.5) is 0 Å². The predicted octanol–water partition coefficient (Wildman–Crippen LogP) is 7.24. The van der Waals surface area contributed by atoms with Gasteiger partial charge in [-0.3, -0.25) is 4.79 Å². The third-order valence-corrected chi connectivity index (χ3v) is 12.2. The van der Waals surface area contributed by atoms with Crippen molar-refractivity contribution in [1.29, 1.82) is 0 Å². The van der Waals surface area contributed by atoms with Crippen LogP contribution in [0.25, 0.3) is 0 Å². The zero-order chi connectivity index (χ0) is 46.6. The van der Waals surface area contributed by atoms with E-state index < -0.39 is 80.7 Å². The molecule has 14 heteroatoms. The molecule has 0 aliphatic carbocycles. The highest BCUT2D eigenvalue weighted by molar-refractivity contribution is 5.69. The average Bonchev–Trinajstić information content (AvgIpc) is 3.29. The summed E-state index contributed by atoms with van der Waals surface area (Å²) in [7, 11) is 0. The molecule has 0 aromatic heterocycles. The molecule has 0 aromatic rings. The molecule has 2 saturated heterocycles. The molecule has 64 heavy (non-hydrogen) atoms. The number of allylic oxidation sites excluding steroid dienone is 4. The SMILES string of the molecule is CCCCC/C=C\C/C=C\CCCCCCCCOCC(COC1OC(COC2OC(CO)C(O)C(O)C2O)C(O)C(O)C1O)OC(=O)CCCCCCCCCCCCCCCC. The Labute approximate surface area is 386 Å². The normalized spacial score (nSPS) is 26.9. The monoisotopic (exact) mass is 917 g/mol. The summed E-state index contributed by atoms with van der Waals surface area (Å²) in [5, 5.41) is 72.1. The highest BCUT2D eigenvalue weighted by Gasteiger charge is 2.47. The third-order valence-electron chi connectivity index (χ3n) is 12.2. The lowest BCUT2D eigenvalue weighted by atomic mass is 9.98. The van der Waals surface area contributed by atoms with E-state index in [1.807, 2.05) is 0 Å². The first-order valence-corrected chi connectivity index (χ1v) is 25.4. The molecule has 7 N–H and O–H groups in total. The van der Waals surface area contributed by atoms with Gasteiger partial charge in [-0.15, -0.1) is 0 Å². The van der Waals surface area contributed by atoms with E-state index in [0.29, 0.717) is 13.0 Å². The molecule has 0 bridgehead atoms. The van der Waals surface area contributed by atoms with Gasteiger partial charge in [0.15, 0.2) is 12.6 Å². The first-order valence-electron chi connectivity index (χ1n) is 25.4. The van der Waals surface area contributed by atoms with Gasteiger partial charge in [-0.2, -0.15) is 0 Å². The molecule has 0 amide bonds. The lowest BCUT2D eigenvalue weighted by molar-refractivity contribution is -0.332. The van der Waals surface area contributed by atoms with Gasteiger partial charge in [-0.1, -0.05) is 160 Å². The summed E-state index contributed by atoms with van der Waals surface area (Å²) in [5.74, 6) is -0.378. The van der Waals surface area contributed by atoms with E-state index in [1.165, 1.54) is 103 Å². The van der Waals surface area contributed by atoms with Crippen LogP contribution in [0.3, 0.4) is 0 Å². The zero-order valence-corrected chi connectivity index (χ0v) is 39.8. The van der Waals surface area contributed by atoms with Crippen LogP contribution in [0.1, 0.15) is 187 Å². The smallest absolute Gasteiger partial charge is 0.306 e. The van der Waals surface area contributed by atoms with Crippen LogP contribution in [-0.4, -0.2) is 142 Å². The van der Waals surface area contributed by atoms with Gasteiger partial charge in [0.25, 0.3) is 0 Å². The summed E-state index contributed by atoms with van der Waals surface area (Å²) in [5.41, 5.74) is 0.